The number of hydrogen-bond donors (Lipinski definition) is 2. The quantitative estimate of drug-likeness (QED) is 0.256. The lowest BCUT2D eigenvalue weighted by molar-refractivity contribution is -0.126. The molecule has 7 heteroatoms. The molecule has 1 amide bonds. The highest BCUT2D eigenvalue weighted by Gasteiger charge is 2.29. The molecule has 1 fully saturated rings. The number of halogens is 1. The Morgan fingerprint density at radius 1 is 1.10 bits per heavy atom. The number of amides is 1. The molecule has 4 aromatic rings. The highest BCUT2D eigenvalue weighted by atomic mass is 35.5. The Morgan fingerprint density at radius 3 is 2.62 bits per heavy atom. The molecule has 6 nitrogen and oxygen atoms in total. The molecule has 3 aromatic carbocycles. The van der Waals surface area contributed by atoms with E-state index in [-0.39, 0.29) is 23.7 Å². The molecule has 2 unspecified atom stereocenters. The fraction of sp³-hybridized carbons (Fsp3) is 0.303. The van der Waals surface area contributed by atoms with Gasteiger partial charge in [0.25, 0.3) is 0 Å². The van der Waals surface area contributed by atoms with Gasteiger partial charge in [-0.15, -0.1) is 0 Å². The first-order valence-electron chi connectivity index (χ1n) is 13.9. The van der Waals surface area contributed by atoms with Gasteiger partial charge >= 0.3 is 0 Å². The molecule has 5 rings (SSSR count). The first-order chi connectivity index (χ1) is 19.6. The van der Waals surface area contributed by atoms with Gasteiger partial charge in [0.05, 0.1) is 23.9 Å². The molecule has 0 saturated carbocycles. The Bertz CT molecular complexity index is 1420. The molecule has 0 radical (unpaired) electrons. The van der Waals surface area contributed by atoms with Crippen molar-refractivity contribution in [3.05, 3.63) is 124 Å². The van der Waals surface area contributed by atoms with Gasteiger partial charge in [-0.2, -0.15) is 5.26 Å². The van der Waals surface area contributed by atoms with Crippen LogP contribution in [-0.4, -0.2) is 47.0 Å². The predicted octanol–water partition coefficient (Wildman–Crippen LogP) is 5.92. The smallest absolute Gasteiger partial charge is 0.224 e. The topological polar surface area (TPSA) is 84.8 Å². The van der Waals surface area contributed by atoms with Crippen molar-refractivity contribution in [2.24, 2.45) is 5.92 Å². The van der Waals surface area contributed by atoms with Crippen molar-refractivity contribution in [2.75, 3.05) is 26.2 Å². The van der Waals surface area contributed by atoms with Crippen LogP contribution in [0.5, 0.6) is 0 Å². The van der Waals surface area contributed by atoms with Gasteiger partial charge in [-0.25, -0.2) is 4.98 Å². The summed E-state index contributed by atoms with van der Waals surface area (Å²) in [5.41, 5.74) is 5.19. The number of benzene rings is 3. The van der Waals surface area contributed by atoms with Crippen molar-refractivity contribution >= 4 is 17.5 Å². The van der Waals surface area contributed by atoms with Crippen LogP contribution in [-0.2, 0) is 11.2 Å². The number of likely N-dealkylation sites (tertiary alicyclic amines) is 1. The van der Waals surface area contributed by atoms with E-state index in [0.29, 0.717) is 12.1 Å². The Kier molecular flexibility index (Phi) is 9.28. The lowest BCUT2D eigenvalue weighted by atomic mass is 9.89. The SMILES string of the molecule is N#Cc1ccc(CC(CNC(=O)[C@H]2CCCN(CC(c3ccccc3)c3cccc(Cl)c3)C2)c2cnc[nH]2)cc1. The Labute approximate surface area is 241 Å². The minimum Gasteiger partial charge on any atom is -0.355 e. The second-order valence-corrected chi connectivity index (χ2v) is 11.0. The third kappa shape index (κ3) is 7.18. The van der Waals surface area contributed by atoms with Crippen LogP contribution < -0.4 is 5.32 Å². The number of hydrogen-bond acceptors (Lipinski definition) is 4. The average Bonchev–Trinajstić information content (AvgIpc) is 3.54. The molecule has 1 aromatic heterocycles. The number of aromatic nitrogens is 2. The molecular formula is C33H34ClN5O. The van der Waals surface area contributed by atoms with E-state index in [2.05, 4.69) is 62.7 Å². The predicted molar refractivity (Wildman–Crippen MR) is 158 cm³/mol. The average molecular weight is 552 g/mol. The van der Waals surface area contributed by atoms with E-state index >= 15 is 0 Å². The van der Waals surface area contributed by atoms with E-state index in [9.17, 15) is 4.79 Å². The number of imidazole rings is 1. The molecular weight excluding hydrogens is 518 g/mol. The van der Waals surface area contributed by atoms with Crippen LogP contribution in [0.15, 0.2) is 91.4 Å². The molecule has 1 aliphatic heterocycles. The van der Waals surface area contributed by atoms with E-state index in [1.807, 2.05) is 48.7 Å². The maximum Gasteiger partial charge on any atom is 0.224 e. The highest BCUT2D eigenvalue weighted by molar-refractivity contribution is 6.30. The van der Waals surface area contributed by atoms with Crippen molar-refractivity contribution in [3.63, 3.8) is 0 Å². The summed E-state index contributed by atoms with van der Waals surface area (Å²) in [4.78, 5) is 23.2. The largest absolute Gasteiger partial charge is 0.355 e. The third-order valence-electron chi connectivity index (χ3n) is 7.82. The third-order valence-corrected chi connectivity index (χ3v) is 8.05. The summed E-state index contributed by atoms with van der Waals surface area (Å²) in [6, 6.07) is 28.4. The zero-order valence-corrected chi connectivity index (χ0v) is 23.2. The van der Waals surface area contributed by atoms with E-state index < -0.39 is 0 Å². The van der Waals surface area contributed by atoms with E-state index in [1.165, 1.54) is 11.1 Å². The summed E-state index contributed by atoms with van der Waals surface area (Å²) in [5.74, 6) is 0.290. The molecule has 204 valence electrons. The summed E-state index contributed by atoms with van der Waals surface area (Å²) in [5, 5.41) is 13.1. The molecule has 0 aliphatic carbocycles. The van der Waals surface area contributed by atoms with Crippen molar-refractivity contribution in [1.29, 1.82) is 5.26 Å². The lowest BCUT2D eigenvalue weighted by Gasteiger charge is -2.35. The first kappa shape index (κ1) is 27.6. The summed E-state index contributed by atoms with van der Waals surface area (Å²) < 4.78 is 0. The minimum atomic E-state index is -0.0538. The number of nitriles is 1. The second-order valence-electron chi connectivity index (χ2n) is 10.6. The molecule has 40 heavy (non-hydrogen) atoms. The van der Waals surface area contributed by atoms with Gasteiger partial charge in [0.15, 0.2) is 0 Å². The maximum atomic E-state index is 13.4. The van der Waals surface area contributed by atoms with E-state index in [4.69, 9.17) is 16.9 Å². The summed E-state index contributed by atoms with van der Waals surface area (Å²) >= 11 is 6.36. The number of nitrogens with one attached hydrogen (secondary N) is 2. The number of rotatable bonds is 10. The van der Waals surface area contributed by atoms with Crippen LogP contribution in [0, 0.1) is 17.2 Å². The van der Waals surface area contributed by atoms with Gasteiger partial charge in [-0.1, -0.05) is 66.2 Å². The van der Waals surface area contributed by atoms with Crippen molar-refractivity contribution < 1.29 is 4.79 Å². The molecule has 2 heterocycles. The van der Waals surface area contributed by atoms with E-state index in [0.717, 1.165) is 55.2 Å². The fourth-order valence-corrected chi connectivity index (χ4v) is 5.85. The highest BCUT2D eigenvalue weighted by Crippen LogP contribution is 2.29. The molecule has 0 bridgehead atoms. The number of piperidine rings is 1. The lowest BCUT2D eigenvalue weighted by Crippen LogP contribution is -2.45. The van der Waals surface area contributed by atoms with Crippen LogP contribution in [0.1, 0.15) is 52.6 Å². The molecule has 3 atom stereocenters. The number of nitrogens with zero attached hydrogens (tertiary/aromatic N) is 3. The van der Waals surface area contributed by atoms with Crippen molar-refractivity contribution in [3.8, 4) is 6.07 Å². The van der Waals surface area contributed by atoms with Gasteiger partial charge in [0.2, 0.25) is 5.91 Å². The van der Waals surface area contributed by atoms with Crippen molar-refractivity contribution in [2.45, 2.75) is 31.1 Å². The van der Waals surface area contributed by atoms with Gasteiger partial charge in [0, 0.05) is 48.4 Å². The van der Waals surface area contributed by atoms with Gasteiger partial charge < -0.3 is 15.2 Å². The van der Waals surface area contributed by atoms with Crippen LogP contribution in [0.25, 0.3) is 0 Å². The number of carbonyl (C=O) groups is 1. The van der Waals surface area contributed by atoms with Gasteiger partial charge in [0.1, 0.15) is 0 Å². The summed E-state index contributed by atoms with van der Waals surface area (Å²) in [6.07, 6.45) is 6.11. The van der Waals surface area contributed by atoms with Crippen LogP contribution >= 0.6 is 11.6 Å². The van der Waals surface area contributed by atoms with Crippen LogP contribution in [0.3, 0.4) is 0 Å². The molecule has 2 N–H and O–H groups in total. The fourth-order valence-electron chi connectivity index (χ4n) is 5.66. The molecule has 1 aliphatic rings. The summed E-state index contributed by atoms with van der Waals surface area (Å²) in [6.45, 7) is 3.07. The number of H-pyrrole nitrogens is 1. The van der Waals surface area contributed by atoms with E-state index in [1.54, 1.807) is 6.33 Å². The number of carbonyl (C=O) groups excluding carboxylic acids is 1. The summed E-state index contributed by atoms with van der Waals surface area (Å²) in [7, 11) is 0. The first-order valence-corrected chi connectivity index (χ1v) is 14.2. The zero-order chi connectivity index (χ0) is 27.7. The number of aromatic amines is 1. The van der Waals surface area contributed by atoms with Gasteiger partial charge in [-0.05, 0) is 66.8 Å². The monoisotopic (exact) mass is 551 g/mol. The normalized spacial score (nSPS) is 17.1. The second kappa shape index (κ2) is 13.4. The Hall–Kier alpha value is -3.92. The van der Waals surface area contributed by atoms with Crippen LogP contribution in [0.4, 0.5) is 0 Å². The molecule has 1 saturated heterocycles. The Balaban J connectivity index is 1.23. The zero-order valence-electron chi connectivity index (χ0n) is 22.5. The van der Waals surface area contributed by atoms with Crippen molar-refractivity contribution in [1.82, 2.24) is 20.2 Å². The minimum absolute atomic E-state index is 0.0538. The standard InChI is InChI=1S/C33H34ClN5O/c34-30-10-4-8-27(17-30)31(26-6-2-1-3-7-26)22-39-15-5-9-28(21-39)33(40)37-19-29(32-20-36-23-38-32)16-24-11-13-25(18-35)14-12-24/h1-4,6-8,10-14,17,20,23,28-29,31H,5,9,15-16,19,21-22H2,(H,36,38)(H,37,40)/t28-,29?,31?/m0/s1. The maximum absolute atomic E-state index is 13.4. The van der Waals surface area contributed by atoms with Gasteiger partial charge in [-0.3, -0.25) is 4.79 Å². The Morgan fingerprint density at radius 2 is 1.90 bits per heavy atom. The van der Waals surface area contributed by atoms with Crippen LogP contribution in [0.2, 0.25) is 5.02 Å². The molecule has 0 spiro atoms.